The second-order valence-corrected chi connectivity index (χ2v) is 5.53. The van der Waals surface area contributed by atoms with Crippen LogP contribution in [0, 0.1) is 32.1 Å². The van der Waals surface area contributed by atoms with Gasteiger partial charge in [0, 0.05) is 5.69 Å². The first-order valence-corrected chi connectivity index (χ1v) is 7.05. The summed E-state index contributed by atoms with van der Waals surface area (Å²) in [4.78, 5) is 15.9. The van der Waals surface area contributed by atoms with Gasteiger partial charge in [-0.3, -0.25) is 4.79 Å². The van der Waals surface area contributed by atoms with Crippen LogP contribution in [0.3, 0.4) is 0 Å². The van der Waals surface area contributed by atoms with Gasteiger partial charge >= 0.3 is 5.97 Å². The molecule has 102 valence electrons. The number of thioether (sulfide) groups is 1. The molecule has 0 bridgehead atoms. The van der Waals surface area contributed by atoms with E-state index < -0.39 is 0 Å². The SMILES string of the molecule is Cc1nc(SCC(=O)OC(C)C)c(C#N)c(C)c1C. The zero-order valence-corrected chi connectivity index (χ0v) is 12.7. The standard InChI is InChI=1S/C14H18N2O2S/c1-8(2)18-13(17)7-19-14-12(6-15)10(4)9(3)11(5)16-14/h8H,7H2,1-5H3. The summed E-state index contributed by atoms with van der Waals surface area (Å²) in [6.07, 6.45) is -0.127. The van der Waals surface area contributed by atoms with Gasteiger partial charge in [0.1, 0.15) is 11.1 Å². The Morgan fingerprint density at radius 2 is 2.00 bits per heavy atom. The molecule has 1 aromatic heterocycles. The number of nitriles is 1. The molecular formula is C14H18N2O2S. The van der Waals surface area contributed by atoms with Crippen molar-refractivity contribution in [2.75, 3.05) is 5.75 Å². The van der Waals surface area contributed by atoms with Crippen LogP contribution < -0.4 is 0 Å². The van der Waals surface area contributed by atoms with Crippen molar-refractivity contribution in [2.24, 2.45) is 0 Å². The van der Waals surface area contributed by atoms with Gasteiger partial charge in [-0.25, -0.2) is 4.98 Å². The molecule has 19 heavy (non-hydrogen) atoms. The lowest BCUT2D eigenvalue weighted by atomic mass is 10.1. The number of pyridine rings is 1. The molecule has 1 aromatic rings. The van der Waals surface area contributed by atoms with E-state index in [1.807, 2.05) is 34.6 Å². The van der Waals surface area contributed by atoms with Crippen molar-refractivity contribution >= 4 is 17.7 Å². The highest BCUT2D eigenvalue weighted by molar-refractivity contribution is 7.99. The van der Waals surface area contributed by atoms with Gasteiger partial charge in [-0.15, -0.1) is 0 Å². The monoisotopic (exact) mass is 278 g/mol. The lowest BCUT2D eigenvalue weighted by Gasteiger charge is -2.11. The number of aromatic nitrogens is 1. The highest BCUT2D eigenvalue weighted by atomic mass is 32.2. The van der Waals surface area contributed by atoms with E-state index in [4.69, 9.17) is 4.74 Å². The average molecular weight is 278 g/mol. The van der Waals surface area contributed by atoms with Crippen molar-refractivity contribution in [3.05, 3.63) is 22.4 Å². The van der Waals surface area contributed by atoms with Crippen molar-refractivity contribution < 1.29 is 9.53 Å². The van der Waals surface area contributed by atoms with Crippen LogP contribution in [0.1, 0.15) is 36.2 Å². The first-order chi connectivity index (χ1) is 8.86. The number of nitrogens with zero attached hydrogens (tertiary/aromatic N) is 2. The molecule has 1 heterocycles. The molecule has 0 saturated carbocycles. The Bertz CT molecular complexity index is 533. The largest absolute Gasteiger partial charge is 0.462 e. The number of esters is 1. The topological polar surface area (TPSA) is 63.0 Å². The summed E-state index contributed by atoms with van der Waals surface area (Å²) in [6.45, 7) is 9.36. The van der Waals surface area contributed by atoms with Gasteiger partial charge in [-0.05, 0) is 45.7 Å². The molecule has 1 rings (SSSR count). The zero-order chi connectivity index (χ0) is 14.6. The summed E-state index contributed by atoms with van der Waals surface area (Å²) in [5.74, 6) is -0.122. The van der Waals surface area contributed by atoms with E-state index in [2.05, 4.69) is 11.1 Å². The summed E-state index contributed by atoms with van der Waals surface area (Å²) >= 11 is 1.25. The fourth-order valence-electron chi connectivity index (χ4n) is 1.57. The first-order valence-electron chi connectivity index (χ1n) is 6.07. The quantitative estimate of drug-likeness (QED) is 0.626. The third-order valence-electron chi connectivity index (χ3n) is 2.77. The van der Waals surface area contributed by atoms with Crippen molar-refractivity contribution in [1.29, 1.82) is 5.26 Å². The van der Waals surface area contributed by atoms with Gasteiger partial charge in [-0.1, -0.05) is 11.8 Å². The highest BCUT2D eigenvalue weighted by Crippen LogP contribution is 2.26. The van der Waals surface area contributed by atoms with Gasteiger partial charge in [0.15, 0.2) is 0 Å². The molecule has 4 nitrogen and oxygen atoms in total. The minimum absolute atomic E-state index is 0.127. The zero-order valence-electron chi connectivity index (χ0n) is 11.9. The Morgan fingerprint density at radius 3 is 2.53 bits per heavy atom. The van der Waals surface area contributed by atoms with E-state index in [-0.39, 0.29) is 17.8 Å². The molecule has 0 aliphatic heterocycles. The number of aryl methyl sites for hydroxylation is 1. The normalized spacial score (nSPS) is 10.4. The number of hydrogen-bond acceptors (Lipinski definition) is 5. The van der Waals surface area contributed by atoms with E-state index >= 15 is 0 Å². The van der Waals surface area contributed by atoms with Crippen molar-refractivity contribution in [2.45, 2.75) is 45.7 Å². The van der Waals surface area contributed by atoms with Gasteiger partial charge in [-0.2, -0.15) is 5.26 Å². The second kappa shape index (κ2) is 6.58. The van der Waals surface area contributed by atoms with E-state index in [0.717, 1.165) is 16.8 Å². The fraction of sp³-hybridized carbons (Fsp3) is 0.500. The van der Waals surface area contributed by atoms with Crippen molar-refractivity contribution in [3.8, 4) is 6.07 Å². The Hall–Kier alpha value is -1.54. The minimum atomic E-state index is -0.290. The van der Waals surface area contributed by atoms with Crippen LogP contribution in [0.4, 0.5) is 0 Å². The predicted molar refractivity (Wildman–Crippen MR) is 75.1 cm³/mol. The number of carbonyl (C=O) groups excluding carboxylic acids is 1. The fourth-order valence-corrected chi connectivity index (χ4v) is 2.44. The third kappa shape index (κ3) is 3.97. The van der Waals surface area contributed by atoms with Crippen LogP contribution in [-0.2, 0) is 9.53 Å². The maximum Gasteiger partial charge on any atom is 0.316 e. The summed E-state index contributed by atoms with van der Waals surface area (Å²) in [7, 11) is 0. The van der Waals surface area contributed by atoms with Gasteiger partial charge in [0.05, 0.1) is 17.4 Å². The first kappa shape index (κ1) is 15.5. The molecular weight excluding hydrogens is 260 g/mol. The predicted octanol–water partition coefficient (Wildman–Crippen LogP) is 2.92. The molecule has 0 fully saturated rings. The van der Waals surface area contributed by atoms with Crippen molar-refractivity contribution in [1.82, 2.24) is 4.98 Å². The maximum atomic E-state index is 11.5. The van der Waals surface area contributed by atoms with E-state index in [0.29, 0.717) is 10.6 Å². The van der Waals surface area contributed by atoms with Crippen LogP contribution in [-0.4, -0.2) is 22.8 Å². The van der Waals surface area contributed by atoms with Crippen molar-refractivity contribution in [3.63, 3.8) is 0 Å². The van der Waals surface area contributed by atoms with Crippen LogP contribution in [0.2, 0.25) is 0 Å². The number of rotatable bonds is 4. The molecule has 0 saturated heterocycles. The lowest BCUT2D eigenvalue weighted by molar-refractivity contribution is -0.144. The molecule has 0 aromatic carbocycles. The average Bonchev–Trinajstić information content (AvgIpc) is 2.32. The number of hydrogen-bond donors (Lipinski definition) is 0. The lowest BCUT2D eigenvalue weighted by Crippen LogP contribution is -2.13. The van der Waals surface area contributed by atoms with E-state index in [1.165, 1.54) is 11.8 Å². The highest BCUT2D eigenvalue weighted by Gasteiger charge is 2.15. The summed E-state index contributed by atoms with van der Waals surface area (Å²) in [6, 6.07) is 2.16. The maximum absolute atomic E-state index is 11.5. The van der Waals surface area contributed by atoms with Gasteiger partial charge < -0.3 is 4.74 Å². The summed E-state index contributed by atoms with van der Waals surface area (Å²) < 4.78 is 5.06. The number of carbonyl (C=O) groups is 1. The number of ether oxygens (including phenoxy) is 1. The summed E-state index contributed by atoms with van der Waals surface area (Å²) in [5, 5.41) is 9.81. The van der Waals surface area contributed by atoms with Crippen LogP contribution in [0.5, 0.6) is 0 Å². The smallest absolute Gasteiger partial charge is 0.316 e. The Balaban J connectivity index is 2.91. The molecule has 0 aliphatic carbocycles. The van der Waals surface area contributed by atoms with Crippen LogP contribution >= 0.6 is 11.8 Å². The molecule has 0 amide bonds. The molecule has 0 N–H and O–H groups in total. The van der Waals surface area contributed by atoms with E-state index in [1.54, 1.807) is 0 Å². The van der Waals surface area contributed by atoms with Gasteiger partial charge in [0.2, 0.25) is 0 Å². The molecule has 0 atom stereocenters. The van der Waals surface area contributed by atoms with Gasteiger partial charge in [0.25, 0.3) is 0 Å². The van der Waals surface area contributed by atoms with Crippen LogP contribution in [0.25, 0.3) is 0 Å². The third-order valence-corrected chi connectivity index (χ3v) is 3.72. The molecule has 5 heteroatoms. The Labute approximate surface area is 118 Å². The minimum Gasteiger partial charge on any atom is -0.462 e. The molecule has 0 aliphatic rings. The Morgan fingerprint density at radius 1 is 1.37 bits per heavy atom. The second-order valence-electron chi connectivity index (χ2n) is 4.57. The molecule has 0 unspecified atom stereocenters. The van der Waals surface area contributed by atoms with Crippen LogP contribution in [0.15, 0.2) is 5.03 Å². The summed E-state index contributed by atoms with van der Waals surface area (Å²) in [5.41, 5.74) is 3.38. The molecule has 0 spiro atoms. The molecule has 0 radical (unpaired) electrons. The van der Waals surface area contributed by atoms with E-state index in [9.17, 15) is 10.1 Å². The Kier molecular flexibility index (Phi) is 5.37.